The molecule has 0 heterocycles. The van der Waals surface area contributed by atoms with E-state index in [-0.39, 0.29) is 0 Å². The van der Waals surface area contributed by atoms with Gasteiger partial charge in [-0.3, -0.25) is 0 Å². The maximum Gasteiger partial charge on any atom is 0.118 e. The summed E-state index contributed by atoms with van der Waals surface area (Å²) in [7, 11) is 0. The topological polar surface area (TPSA) is 52.0 Å². The average molecular weight is 356 g/mol. The van der Waals surface area contributed by atoms with Crippen LogP contribution >= 0.6 is 31.9 Å². The fourth-order valence-corrected chi connectivity index (χ4v) is 2.96. The molecule has 0 unspecified atom stereocenters. The number of halogens is 2. The first kappa shape index (κ1) is 12.8. The van der Waals surface area contributed by atoms with Crippen LogP contribution in [0.5, 0.6) is 0 Å². The van der Waals surface area contributed by atoms with Crippen LogP contribution in [-0.4, -0.2) is 0 Å². The molecule has 0 aliphatic heterocycles. The van der Waals surface area contributed by atoms with Gasteiger partial charge in [-0.05, 0) is 12.1 Å². The lowest BCUT2D eigenvalue weighted by molar-refractivity contribution is 0.562. The fourth-order valence-electron chi connectivity index (χ4n) is 1.74. The number of rotatable bonds is 2. The molecule has 2 aromatic rings. The van der Waals surface area contributed by atoms with Gasteiger partial charge in [-0.15, -0.1) is 0 Å². The van der Waals surface area contributed by atoms with Gasteiger partial charge in [0.1, 0.15) is 5.66 Å². The van der Waals surface area contributed by atoms with Gasteiger partial charge < -0.3 is 11.5 Å². The van der Waals surface area contributed by atoms with Crippen LogP contribution < -0.4 is 11.5 Å². The van der Waals surface area contributed by atoms with E-state index >= 15 is 0 Å². The highest BCUT2D eigenvalue weighted by Crippen LogP contribution is 2.32. The molecule has 4 heteroatoms. The van der Waals surface area contributed by atoms with Crippen LogP contribution in [0.1, 0.15) is 11.1 Å². The van der Waals surface area contributed by atoms with Gasteiger partial charge in [0.05, 0.1) is 0 Å². The monoisotopic (exact) mass is 354 g/mol. The summed E-state index contributed by atoms with van der Waals surface area (Å²) < 4.78 is 1.81. The third-order valence-electron chi connectivity index (χ3n) is 2.64. The quantitative estimate of drug-likeness (QED) is 0.812. The van der Waals surface area contributed by atoms with Crippen molar-refractivity contribution in [3.63, 3.8) is 0 Å². The highest BCUT2D eigenvalue weighted by molar-refractivity contribution is 9.10. The van der Waals surface area contributed by atoms with E-state index < -0.39 is 5.66 Å². The predicted octanol–water partition coefficient (Wildman–Crippen LogP) is 3.33. The zero-order valence-electron chi connectivity index (χ0n) is 9.03. The Morgan fingerprint density at radius 3 is 1.41 bits per heavy atom. The van der Waals surface area contributed by atoms with E-state index in [0.29, 0.717) is 0 Å². The van der Waals surface area contributed by atoms with E-state index in [4.69, 9.17) is 11.5 Å². The zero-order chi connectivity index (χ0) is 12.5. The summed E-state index contributed by atoms with van der Waals surface area (Å²) in [5.74, 6) is 0. The molecule has 17 heavy (non-hydrogen) atoms. The molecule has 0 aliphatic rings. The Balaban J connectivity index is 2.58. The predicted molar refractivity (Wildman–Crippen MR) is 77.4 cm³/mol. The number of nitrogens with two attached hydrogens (primary N) is 2. The molecule has 0 radical (unpaired) electrons. The average Bonchev–Trinajstić information content (AvgIpc) is 2.29. The van der Waals surface area contributed by atoms with Crippen molar-refractivity contribution in [2.45, 2.75) is 5.66 Å². The zero-order valence-corrected chi connectivity index (χ0v) is 12.2. The van der Waals surface area contributed by atoms with Crippen LogP contribution in [0, 0.1) is 0 Å². The Bertz CT molecular complexity index is 491. The van der Waals surface area contributed by atoms with Crippen LogP contribution in [0.25, 0.3) is 0 Å². The molecule has 0 spiro atoms. The lowest BCUT2D eigenvalue weighted by Gasteiger charge is -2.27. The van der Waals surface area contributed by atoms with Crippen LogP contribution in [0.3, 0.4) is 0 Å². The SMILES string of the molecule is NC(N)(c1ccccc1Br)c1ccccc1Br. The van der Waals surface area contributed by atoms with Crippen molar-refractivity contribution in [3.05, 3.63) is 68.6 Å². The third-order valence-corrected chi connectivity index (χ3v) is 4.02. The smallest absolute Gasteiger partial charge is 0.118 e. The second kappa shape index (κ2) is 4.90. The second-order valence-corrected chi connectivity index (χ2v) is 5.54. The molecule has 0 amide bonds. The maximum atomic E-state index is 6.28. The highest BCUT2D eigenvalue weighted by atomic mass is 79.9. The maximum absolute atomic E-state index is 6.28. The molecule has 0 aliphatic carbocycles. The van der Waals surface area contributed by atoms with Gasteiger partial charge in [0.2, 0.25) is 0 Å². The summed E-state index contributed by atoms with van der Waals surface area (Å²) in [5, 5.41) is 0. The minimum Gasteiger partial charge on any atom is -0.306 e. The van der Waals surface area contributed by atoms with Gasteiger partial charge in [-0.2, -0.15) is 0 Å². The fraction of sp³-hybridized carbons (Fsp3) is 0.0769. The summed E-state index contributed by atoms with van der Waals surface area (Å²) in [4.78, 5) is 0. The molecule has 0 aromatic heterocycles. The number of benzene rings is 2. The summed E-state index contributed by atoms with van der Waals surface area (Å²) in [6.07, 6.45) is 0. The first-order valence-corrected chi connectivity index (χ1v) is 6.70. The van der Waals surface area contributed by atoms with E-state index in [1.807, 2.05) is 48.5 Å². The summed E-state index contributed by atoms with van der Waals surface area (Å²) in [5.41, 5.74) is 13.2. The lowest BCUT2D eigenvalue weighted by atomic mass is 9.93. The minimum absolute atomic E-state index is 0.854. The molecular weight excluding hydrogens is 344 g/mol. The van der Waals surface area contributed by atoms with Crippen molar-refractivity contribution in [3.8, 4) is 0 Å². The highest BCUT2D eigenvalue weighted by Gasteiger charge is 2.28. The molecule has 0 atom stereocenters. The van der Waals surface area contributed by atoms with Crippen LogP contribution in [-0.2, 0) is 5.66 Å². The summed E-state index contributed by atoms with van der Waals surface area (Å²) in [6, 6.07) is 15.4. The Hall–Kier alpha value is -0.680. The molecule has 2 rings (SSSR count). The van der Waals surface area contributed by atoms with Crippen molar-refractivity contribution in [1.82, 2.24) is 0 Å². The summed E-state index contributed by atoms with van der Waals surface area (Å²) >= 11 is 6.96. The van der Waals surface area contributed by atoms with Crippen LogP contribution in [0.4, 0.5) is 0 Å². The van der Waals surface area contributed by atoms with Crippen molar-refractivity contribution >= 4 is 31.9 Å². The molecule has 2 aromatic carbocycles. The third kappa shape index (κ3) is 2.45. The number of hydrogen-bond donors (Lipinski definition) is 2. The van der Waals surface area contributed by atoms with Gasteiger partial charge in [-0.25, -0.2) is 0 Å². The molecule has 0 saturated heterocycles. The Kier molecular flexibility index (Phi) is 3.68. The standard InChI is InChI=1S/C13H12Br2N2/c14-11-7-3-1-5-9(11)13(16,17)10-6-2-4-8-12(10)15/h1-8H,16-17H2. The van der Waals surface area contributed by atoms with Gasteiger partial charge >= 0.3 is 0 Å². The van der Waals surface area contributed by atoms with E-state index in [1.165, 1.54) is 0 Å². The van der Waals surface area contributed by atoms with Crippen molar-refractivity contribution in [2.75, 3.05) is 0 Å². The molecule has 2 nitrogen and oxygen atoms in total. The summed E-state index contributed by atoms with van der Waals surface area (Å²) in [6.45, 7) is 0. The molecule has 4 N–H and O–H groups in total. The molecular formula is C13H12Br2N2. The molecule has 0 bridgehead atoms. The van der Waals surface area contributed by atoms with Crippen molar-refractivity contribution in [2.24, 2.45) is 11.5 Å². The van der Waals surface area contributed by atoms with Crippen LogP contribution in [0.2, 0.25) is 0 Å². The van der Waals surface area contributed by atoms with Crippen molar-refractivity contribution < 1.29 is 0 Å². The van der Waals surface area contributed by atoms with Gasteiger partial charge in [0.15, 0.2) is 0 Å². The minimum atomic E-state index is -1.03. The van der Waals surface area contributed by atoms with Gasteiger partial charge in [0.25, 0.3) is 0 Å². The second-order valence-electron chi connectivity index (χ2n) is 3.83. The Morgan fingerprint density at radius 2 is 1.06 bits per heavy atom. The lowest BCUT2D eigenvalue weighted by Crippen LogP contribution is -2.47. The first-order valence-electron chi connectivity index (χ1n) is 5.11. The molecule has 88 valence electrons. The molecule has 0 saturated carbocycles. The van der Waals surface area contributed by atoms with E-state index in [9.17, 15) is 0 Å². The molecule has 0 fully saturated rings. The van der Waals surface area contributed by atoms with E-state index in [1.54, 1.807) is 0 Å². The van der Waals surface area contributed by atoms with E-state index in [2.05, 4.69) is 31.9 Å². The normalized spacial score (nSPS) is 11.5. The van der Waals surface area contributed by atoms with E-state index in [0.717, 1.165) is 20.1 Å². The Morgan fingerprint density at radius 1 is 0.706 bits per heavy atom. The van der Waals surface area contributed by atoms with Crippen molar-refractivity contribution in [1.29, 1.82) is 0 Å². The largest absolute Gasteiger partial charge is 0.306 e. The first-order chi connectivity index (χ1) is 8.03. The van der Waals surface area contributed by atoms with Gasteiger partial charge in [0, 0.05) is 20.1 Å². The number of hydrogen-bond acceptors (Lipinski definition) is 2. The van der Waals surface area contributed by atoms with Gasteiger partial charge in [-0.1, -0.05) is 68.3 Å². The van der Waals surface area contributed by atoms with Crippen LogP contribution in [0.15, 0.2) is 57.5 Å². The Labute approximate surface area is 117 Å².